The van der Waals surface area contributed by atoms with Crippen molar-refractivity contribution in [3.63, 3.8) is 0 Å². The fourth-order valence-electron chi connectivity index (χ4n) is 5.29. The van der Waals surface area contributed by atoms with Crippen molar-refractivity contribution in [1.82, 2.24) is 14.8 Å². The lowest BCUT2D eigenvalue weighted by atomic mass is 9.79. The van der Waals surface area contributed by atoms with Crippen LogP contribution in [0.15, 0.2) is 24.3 Å². The van der Waals surface area contributed by atoms with Gasteiger partial charge in [0.1, 0.15) is 11.3 Å². The van der Waals surface area contributed by atoms with Gasteiger partial charge in [-0.1, -0.05) is 12.1 Å². The lowest BCUT2D eigenvalue weighted by Crippen LogP contribution is -2.52. The van der Waals surface area contributed by atoms with Crippen LogP contribution in [0.3, 0.4) is 0 Å². The van der Waals surface area contributed by atoms with Crippen LogP contribution in [0.5, 0.6) is 5.75 Å². The summed E-state index contributed by atoms with van der Waals surface area (Å²) in [6.45, 7) is 4.55. The average Bonchev–Trinajstić information content (AvgIpc) is 2.94. The van der Waals surface area contributed by atoms with Gasteiger partial charge in [0.25, 0.3) is 5.91 Å². The van der Waals surface area contributed by atoms with Gasteiger partial charge in [-0.25, -0.2) is 9.59 Å². The van der Waals surface area contributed by atoms with E-state index >= 15 is 0 Å². The van der Waals surface area contributed by atoms with Crippen LogP contribution < -0.4 is 10.5 Å². The number of aromatic nitrogens is 1. The number of carboxylic acids is 1. The molecule has 2 aliphatic rings. The Bertz CT molecular complexity index is 1370. The second-order valence-corrected chi connectivity index (χ2v) is 10.2. The molecule has 2 heterocycles. The standard InChI is InChI=1S/C29H36N4O9/c1-3-40-27(38)29(12-7-13-29)42-24-18-8-5-6-9-20(18)31-23(22(24)25(30)36)19(10-11-21(34)35)26(37)32-14-16-33(17-15-32)28(39)41-4-2/h5-6,8-9,19H,3-4,7,10-17H2,1-2H3,(H2,30,36)(H,34,35). The maximum atomic E-state index is 14.0. The van der Waals surface area contributed by atoms with Crippen molar-refractivity contribution in [2.24, 2.45) is 5.73 Å². The lowest BCUT2D eigenvalue weighted by molar-refractivity contribution is -0.169. The highest BCUT2D eigenvalue weighted by Gasteiger charge is 2.49. The number of nitrogens with two attached hydrogens (primary N) is 1. The van der Waals surface area contributed by atoms with Crippen molar-refractivity contribution in [3.8, 4) is 5.75 Å². The summed E-state index contributed by atoms with van der Waals surface area (Å²) >= 11 is 0. The number of pyridine rings is 1. The van der Waals surface area contributed by atoms with Gasteiger partial charge < -0.3 is 34.9 Å². The van der Waals surface area contributed by atoms with Gasteiger partial charge >= 0.3 is 18.0 Å². The second kappa shape index (κ2) is 13.0. The van der Waals surface area contributed by atoms with Gasteiger partial charge in [0.05, 0.1) is 30.3 Å². The molecule has 1 saturated heterocycles. The fraction of sp³-hybridized carbons (Fsp3) is 0.517. The number of carbonyl (C=O) groups is 5. The molecule has 0 bridgehead atoms. The van der Waals surface area contributed by atoms with E-state index in [0.29, 0.717) is 30.2 Å². The molecule has 226 valence electrons. The maximum absolute atomic E-state index is 14.0. The van der Waals surface area contributed by atoms with Crippen molar-refractivity contribution in [3.05, 3.63) is 35.5 Å². The SMILES string of the molecule is CCOC(=O)N1CCN(C(=O)C(CCC(=O)O)c2nc3ccccc3c(OC3(C(=O)OCC)CCC3)c2C(N)=O)CC1. The Morgan fingerprint density at radius 3 is 2.21 bits per heavy atom. The maximum Gasteiger partial charge on any atom is 0.409 e. The number of nitrogens with zero attached hydrogens (tertiary/aromatic N) is 3. The molecule has 4 rings (SSSR count). The summed E-state index contributed by atoms with van der Waals surface area (Å²) in [6, 6.07) is 6.79. The number of carbonyl (C=O) groups excluding carboxylic acids is 4. The summed E-state index contributed by atoms with van der Waals surface area (Å²) in [6.07, 6.45) is 0.407. The Balaban J connectivity index is 1.79. The first-order valence-corrected chi connectivity index (χ1v) is 14.1. The number of rotatable bonds is 11. The van der Waals surface area contributed by atoms with E-state index in [4.69, 9.17) is 19.9 Å². The Morgan fingerprint density at radius 2 is 1.64 bits per heavy atom. The van der Waals surface area contributed by atoms with Crippen LogP contribution in [-0.4, -0.2) is 94.7 Å². The molecule has 1 saturated carbocycles. The van der Waals surface area contributed by atoms with Gasteiger partial charge in [-0.2, -0.15) is 0 Å². The number of fused-ring (bicyclic) bond motifs is 1. The predicted octanol–water partition coefficient (Wildman–Crippen LogP) is 2.45. The number of amides is 3. The molecule has 1 aromatic carbocycles. The first kappa shape index (κ1) is 30.5. The molecule has 1 aliphatic heterocycles. The summed E-state index contributed by atoms with van der Waals surface area (Å²) in [5.41, 5.74) is 4.75. The summed E-state index contributed by atoms with van der Waals surface area (Å²) in [4.78, 5) is 71.4. The number of piperazine rings is 1. The number of carboxylic acid groups (broad SMARTS) is 1. The summed E-state index contributed by atoms with van der Waals surface area (Å²) in [5, 5.41) is 9.90. The van der Waals surface area contributed by atoms with Crippen LogP contribution in [0.2, 0.25) is 0 Å². The number of benzene rings is 1. The van der Waals surface area contributed by atoms with E-state index in [1.54, 1.807) is 38.1 Å². The van der Waals surface area contributed by atoms with Crippen LogP contribution in [0.4, 0.5) is 4.79 Å². The highest BCUT2D eigenvalue weighted by molar-refractivity contribution is 6.05. The van der Waals surface area contributed by atoms with E-state index in [2.05, 4.69) is 4.98 Å². The molecule has 1 unspecified atom stereocenters. The predicted molar refractivity (Wildman–Crippen MR) is 149 cm³/mol. The van der Waals surface area contributed by atoms with E-state index in [0.717, 1.165) is 0 Å². The molecular formula is C29H36N4O9. The van der Waals surface area contributed by atoms with Crippen LogP contribution in [0.1, 0.15) is 67.9 Å². The van der Waals surface area contributed by atoms with Crippen molar-refractivity contribution >= 4 is 40.7 Å². The smallest absolute Gasteiger partial charge is 0.409 e. The Labute approximate surface area is 242 Å². The number of hydrogen-bond donors (Lipinski definition) is 2. The first-order chi connectivity index (χ1) is 20.1. The molecule has 1 atom stereocenters. The van der Waals surface area contributed by atoms with Gasteiger partial charge in [-0.3, -0.25) is 19.4 Å². The van der Waals surface area contributed by atoms with Crippen molar-refractivity contribution in [1.29, 1.82) is 0 Å². The monoisotopic (exact) mass is 584 g/mol. The third-order valence-corrected chi connectivity index (χ3v) is 7.62. The Morgan fingerprint density at radius 1 is 1.00 bits per heavy atom. The number of primary amides is 1. The minimum absolute atomic E-state index is 0.0103. The molecule has 0 radical (unpaired) electrons. The third kappa shape index (κ3) is 6.24. The molecule has 42 heavy (non-hydrogen) atoms. The minimum Gasteiger partial charge on any atom is -0.481 e. The van der Waals surface area contributed by atoms with Crippen LogP contribution in [0.25, 0.3) is 10.9 Å². The largest absolute Gasteiger partial charge is 0.481 e. The third-order valence-electron chi connectivity index (χ3n) is 7.62. The molecular weight excluding hydrogens is 548 g/mol. The van der Waals surface area contributed by atoms with Crippen LogP contribution >= 0.6 is 0 Å². The molecule has 13 nitrogen and oxygen atoms in total. The second-order valence-electron chi connectivity index (χ2n) is 10.2. The zero-order chi connectivity index (χ0) is 30.4. The highest BCUT2D eigenvalue weighted by Crippen LogP contribution is 2.43. The molecule has 2 fully saturated rings. The van der Waals surface area contributed by atoms with Gasteiger partial charge in [0, 0.05) is 38.0 Å². The fourth-order valence-corrected chi connectivity index (χ4v) is 5.29. The molecule has 13 heteroatoms. The van der Waals surface area contributed by atoms with Crippen molar-refractivity contribution < 1.29 is 43.3 Å². The zero-order valence-electron chi connectivity index (χ0n) is 23.8. The molecule has 1 aromatic heterocycles. The summed E-state index contributed by atoms with van der Waals surface area (Å²) in [5.74, 6) is -4.24. The topological polar surface area (TPSA) is 179 Å². The van der Waals surface area contributed by atoms with Gasteiger partial charge in [0.15, 0.2) is 0 Å². The summed E-state index contributed by atoms with van der Waals surface area (Å²) < 4.78 is 16.7. The lowest BCUT2D eigenvalue weighted by Gasteiger charge is -2.40. The van der Waals surface area contributed by atoms with Gasteiger partial charge in [-0.05, 0) is 51.7 Å². The Hall–Kier alpha value is -4.42. The molecule has 3 amide bonds. The van der Waals surface area contributed by atoms with Gasteiger partial charge in [0.2, 0.25) is 11.5 Å². The average molecular weight is 585 g/mol. The number of esters is 1. The molecule has 0 spiro atoms. The summed E-state index contributed by atoms with van der Waals surface area (Å²) in [7, 11) is 0. The number of aliphatic carboxylic acids is 1. The normalized spacial score (nSPS) is 16.7. The van der Waals surface area contributed by atoms with Crippen molar-refractivity contribution in [2.75, 3.05) is 39.4 Å². The zero-order valence-corrected chi connectivity index (χ0v) is 23.8. The van der Waals surface area contributed by atoms with Crippen molar-refractivity contribution in [2.45, 2.75) is 57.5 Å². The van der Waals surface area contributed by atoms with Crippen LogP contribution in [-0.2, 0) is 23.9 Å². The molecule has 1 aliphatic carbocycles. The first-order valence-electron chi connectivity index (χ1n) is 14.1. The minimum atomic E-state index is -1.33. The molecule has 3 N–H and O–H groups in total. The quantitative estimate of drug-likeness (QED) is 0.373. The van der Waals surface area contributed by atoms with E-state index in [1.165, 1.54) is 9.80 Å². The number of ether oxygens (including phenoxy) is 3. The van der Waals surface area contributed by atoms with E-state index in [1.807, 2.05) is 0 Å². The molecule has 2 aromatic rings. The highest BCUT2D eigenvalue weighted by atomic mass is 16.6. The van der Waals surface area contributed by atoms with Crippen LogP contribution in [0, 0.1) is 0 Å². The van der Waals surface area contributed by atoms with Gasteiger partial charge in [-0.15, -0.1) is 0 Å². The van der Waals surface area contributed by atoms with E-state index < -0.39 is 41.4 Å². The van der Waals surface area contributed by atoms with E-state index in [-0.39, 0.29) is 69.2 Å². The van der Waals surface area contributed by atoms with E-state index in [9.17, 15) is 29.1 Å². The Kier molecular flexibility index (Phi) is 9.48. The number of para-hydroxylation sites is 1. The number of hydrogen-bond acceptors (Lipinski definition) is 9.